The molecule has 3 N–H and O–H groups in total. The smallest absolute Gasteiger partial charge is 0.251 e. The number of amides is 1. The fourth-order valence-electron chi connectivity index (χ4n) is 3.30. The van der Waals surface area contributed by atoms with E-state index in [0.29, 0.717) is 52.5 Å². The van der Waals surface area contributed by atoms with Crippen molar-refractivity contribution in [2.75, 3.05) is 6.61 Å². The van der Waals surface area contributed by atoms with E-state index >= 15 is 0 Å². The fourth-order valence-corrected chi connectivity index (χ4v) is 3.51. The van der Waals surface area contributed by atoms with E-state index < -0.39 is 5.41 Å². The number of nitrogens with zero attached hydrogens (tertiary/aromatic N) is 2. The summed E-state index contributed by atoms with van der Waals surface area (Å²) in [7, 11) is 0. The van der Waals surface area contributed by atoms with Gasteiger partial charge < -0.3 is 15.5 Å². The molecule has 166 valence electrons. The summed E-state index contributed by atoms with van der Waals surface area (Å²) in [5.41, 5.74) is 7.08. The van der Waals surface area contributed by atoms with Crippen LogP contribution >= 0.6 is 11.6 Å². The first-order valence-corrected chi connectivity index (χ1v) is 10.9. The minimum Gasteiger partial charge on any atom is -0.477 e. The second-order valence-corrected chi connectivity index (χ2v) is 9.27. The highest BCUT2D eigenvalue weighted by atomic mass is 35.5. The maximum absolute atomic E-state index is 12.4. The van der Waals surface area contributed by atoms with Crippen molar-refractivity contribution in [1.29, 1.82) is 0 Å². The molecule has 1 aliphatic rings. The Labute approximate surface area is 191 Å². The number of nitrogens with two attached hydrogens (primary N) is 1. The zero-order chi connectivity index (χ0) is 22.9. The number of rotatable bonds is 8. The first kappa shape index (κ1) is 22.0. The van der Waals surface area contributed by atoms with E-state index in [2.05, 4.69) is 15.0 Å². The molecule has 0 unspecified atom stereocenters. The molecule has 0 radical (unpaired) electrons. The number of primary amides is 1. The van der Waals surface area contributed by atoms with E-state index in [1.54, 1.807) is 32.2 Å². The largest absolute Gasteiger partial charge is 0.477 e. The molecule has 0 spiro atoms. The number of aromatic nitrogens is 3. The lowest BCUT2D eigenvalue weighted by atomic mass is 9.85. The van der Waals surface area contributed by atoms with Crippen LogP contribution in [-0.4, -0.2) is 27.5 Å². The zero-order valence-electron chi connectivity index (χ0n) is 18.0. The molecule has 4 rings (SSSR count). The third kappa shape index (κ3) is 5.16. The van der Waals surface area contributed by atoms with Gasteiger partial charge in [-0.05, 0) is 48.9 Å². The summed E-state index contributed by atoms with van der Waals surface area (Å²) in [6, 6.07) is 10.4. The van der Waals surface area contributed by atoms with E-state index in [4.69, 9.17) is 22.1 Å². The number of halogens is 1. The summed E-state index contributed by atoms with van der Waals surface area (Å²) in [6.45, 7) is 4.26. The summed E-state index contributed by atoms with van der Waals surface area (Å²) in [6.07, 6.45) is 4.49. The molecule has 3 aromatic rings. The number of H-pyrrole nitrogens is 1. The molecule has 0 atom stereocenters. The van der Waals surface area contributed by atoms with Crippen LogP contribution in [0.4, 0.5) is 0 Å². The summed E-state index contributed by atoms with van der Waals surface area (Å²) in [5.74, 6) is 1.14. The number of pyridine rings is 1. The molecular weight excluding hydrogens is 428 g/mol. The number of nitrogens with one attached hydrogen (secondary N) is 1. The van der Waals surface area contributed by atoms with E-state index in [-0.39, 0.29) is 11.5 Å². The standard InChI is InChI=1S/C24H25ClN4O3/c1-24(2,23(26)31)11-15-5-7-18(25)17(9-15)22-28-19(10-20(30)29-22)16-6-8-21(27-12-16)32-13-14-3-4-14/h5-10,12,14H,3-4,11,13H2,1-2H3,(H2,26,31)(H,28,29,30). The predicted octanol–water partition coefficient (Wildman–Crippen LogP) is 4.00. The summed E-state index contributed by atoms with van der Waals surface area (Å²) < 4.78 is 5.67. The van der Waals surface area contributed by atoms with Crippen LogP contribution < -0.4 is 16.0 Å². The number of aromatic amines is 1. The maximum Gasteiger partial charge on any atom is 0.251 e. The molecular formula is C24H25ClN4O3. The van der Waals surface area contributed by atoms with Crippen molar-refractivity contribution in [2.24, 2.45) is 17.1 Å². The molecule has 2 aromatic heterocycles. The molecule has 1 amide bonds. The van der Waals surface area contributed by atoms with Crippen molar-refractivity contribution in [2.45, 2.75) is 33.1 Å². The molecule has 2 heterocycles. The van der Waals surface area contributed by atoms with Gasteiger partial charge in [-0.3, -0.25) is 9.59 Å². The lowest BCUT2D eigenvalue weighted by Crippen LogP contribution is -2.33. The fraction of sp³-hybridized carbons (Fsp3) is 0.333. The number of hydrogen-bond acceptors (Lipinski definition) is 5. The second kappa shape index (κ2) is 8.74. The molecule has 7 nitrogen and oxygen atoms in total. The zero-order valence-corrected chi connectivity index (χ0v) is 18.8. The lowest BCUT2D eigenvalue weighted by Gasteiger charge is -2.20. The summed E-state index contributed by atoms with van der Waals surface area (Å²) in [4.78, 5) is 35.8. The molecule has 1 fully saturated rings. The van der Waals surface area contributed by atoms with E-state index in [1.165, 1.54) is 18.9 Å². The predicted molar refractivity (Wildman–Crippen MR) is 123 cm³/mol. The van der Waals surface area contributed by atoms with Gasteiger partial charge in [-0.1, -0.05) is 31.5 Å². The second-order valence-electron chi connectivity index (χ2n) is 8.86. The van der Waals surface area contributed by atoms with Gasteiger partial charge in [-0.15, -0.1) is 0 Å². The Hall–Kier alpha value is -3.19. The van der Waals surface area contributed by atoms with Gasteiger partial charge in [0.25, 0.3) is 5.56 Å². The van der Waals surface area contributed by atoms with Gasteiger partial charge in [0.05, 0.1) is 17.3 Å². The van der Waals surface area contributed by atoms with Crippen LogP contribution in [0.5, 0.6) is 5.88 Å². The monoisotopic (exact) mass is 452 g/mol. The lowest BCUT2D eigenvalue weighted by molar-refractivity contribution is -0.125. The minimum absolute atomic E-state index is 0.307. The van der Waals surface area contributed by atoms with Crippen molar-refractivity contribution in [1.82, 2.24) is 15.0 Å². The average molecular weight is 453 g/mol. The number of carbonyl (C=O) groups is 1. The Morgan fingerprint density at radius 1 is 1.25 bits per heavy atom. The van der Waals surface area contributed by atoms with Gasteiger partial charge in [-0.2, -0.15) is 0 Å². The molecule has 0 saturated heterocycles. The van der Waals surface area contributed by atoms with Crippen LogP contribution in [0, 0.1) is 11.3 Å². The van der Waals surface area contributed by atoms with Crippen LogP contribution in [-0.2, 0) is 11.2 Å². The highest BCUT2D eigenvalue weighted by Gasteiger charge is 2.26. The highest BCUT2D eigenvalue weighted by molar-refractivity contribution is 6.33. The van der Waals surface area contributed by atoms with E-state index in [9.17, 15) is 9.59 Å². The molecule has 0 aliphatic heterocycles. The first-order valence-electron chi connectivity index (χ1n) is 10.5. The molecule has 1 aliphatic carbocycles. The van der Waals surface area contributed by atoms with Crippen molar-refractivity contribution < 1.29 is 9.53 Å². The van der Waals surface area contributed by atoms with Crippen molar-refractivity contribution >= 4 is 17.5 Å². The van der Waals surface area contributed by atoms with Gasteiger partial charge in [0.1, 0.15) is 5.82 Å². The van der Waals surface area contributed by atoms with Gasteiger partial charge in [0.2, 0.25) is 11.8 Å². The number of carbonyl (C=O) groups excluding carboxylic acids is 1. The van der Waals surface area contributed by atoms with Gasteiger partial charge in [0, 0.05) is 34.9 Å². The Balaban J connectivity index is 1.63. The highest BCUT2D eigenvalue weighted by Crippen LogP contribution is 2.31. The van der Waals surface area contributed by atoms with Crippen molar-refractivity contribution in [3.05, 3.63) is 63.5 Å². The average Bonchev–Trinajstić information content (AvgIpc) is 3.58. The molecule has 1 aromatic carbocycles. The van der Waals surface area contributed by atoms with Crippen LogP contribution in [0.25, 0.3) is 22.6 Å². The third-order valence-corrected chi connectivity index (χ3v) is 5.87. The van der Waals surface area contributed by atoms with Crippen LogP contribution in [0.1, 0.15) is 32.3 Å². The third-order valence-electron chi connectivity index (χ3n) is 5.54. The van der Waals surface area contributed by atoms with E-state index in [1.807, 2.05) is 18.2 Å². The Morgan fingerprint density at radius 2 is 2.03 bits per heavy atom. The number of hydrogen-bond donors (Lipinski definition) is 2. The van der Waals surface area contributed by atoms with Crippen LogP contribution in [0.15, 0.2) is 47.4 Å². The topological polar surface area (TPSA) is 111 Å². The van der Waals surface area contributed by atoms with Crippen molar-refractivity contribution in [3.63, 3.8) is 0 Å². The maximum atomic E-state index is 12.4. The minimum atomic E-state index is -0.719. The van der Waals surface area contributed by atoms with Gasteiger partial charge in [-0.25, -0.2) is 9.97 Å². The Morgan fingerprint density at radius 3 is 2.69 bits per heavy atom. The summed E-state index contributed by atoms with van der Waals surface area (Å²) in [5, 5.41) is 0.438. The van der Waals surface area contributed by atoms with E-state index in [0.717, 1.165) is 5.56 Å². The SMILES string of the molecule is CC(C)(Cc1ccc(Cl)c(-c2nc(-c3ccc(OCC4CC4)nc3)cc(=O)[nH]2)c1)C(N)=O. The molecule has 8 heteroatoms. The van der Waals surface area contributed by atoms with Crippen LogP contribution in [0.2, 0.25) is 5.02 Å². The number of benzene rings is 1. The quantitative estimate of drug-likeness (QED) is 0.536. The molecule has 32 heavy (non-hydrogen) atoms. The molecule has 0 bridgehead atoms. The van der Waals surface area contributed by atoms with Gasteiger partial charge in [0.15, 0.2) is 0 Å². The van der Waals surface area contributed by atoms with Gasteiger partial charge >= 0.3 is 0 Å². The van der Waals surface area contributed by atoms with Crippen LogP contribution in [0.3, 0.4) is 0 Å². The normalized spacial score (nSPS) is 13.7. The summed E-state index contributed by atoms with van der Waals surface area (Å²) >= 11 is 6.42. The molecule has 1 saturated carbocycles. The number of ether oxygens (including phenoxy) is 1. The Kier molecular flexibility index (Phi) is 6.02. The first-order chi connectivity index (χ1) is 15.2. The Bertz CT molecular complexity index is 1200. The van der Waals surface area contributed by atoms with Crippen molar-refractivity contribution in [3.8, 4) is 28.5 Å².